The molecule has 0 heterocycles. The first-order valence-electron chi connectivity index (χ1n) is 7.20. The molecule has 2 N–H and O–H groups in total. The molecule has 1 amide bonds. The Morgan fingerprint density at radius 1 is 1.40 bits per heavy atom. The fourth-order valence-corrected chi connectivity index (χ4v) is 2.23. The van der Waals surface area contributed by atoms with Gasteiger partial charge >= 0.3 is 0 Å². The maximum atomic E-state index is 11.9. The lowest BCUT2D eigenvalue weighted by atomic mass is 10.00. The summed E-state index contributed by atoms with van der Waals surface area (Å²) in [6.07, 6.45) is 3.19. The van der Waals surface area contributed by atoms with Gasteiger partial charge < -0.3 is 15.2 Å². The topological polar surface area (TPSA) is 58.6 Å². The van der Waals surface area contributed by atoms with E-state index in [1.807, 2.05) is 24.3 Å². The quantitative estimate of drug-likeness (QED) is 0.728. The maximum Gasteiger partial charge on any atom is 0.224 e. The zero-order valence-corrected chi connectivity index (χ0v) is 12.4. The van der Waals surface area contributed by atoms with Crippen molar-refractivity contribution in [2.75, 3.05) is 20.3 Å². The number of ether oxygens (including phenoxy) is 1. The Morgan fingerprint density at radius 3 is 2.85 bits per heavy atom. The van der Waals surface area contributed by atoms with Crippen molar-refractivity contribution in [2.24, 2.45) is 5.92 Å². The van der Waals surface area contributed by atoms with Crippen LogP contribution in [0.2, 0.25) is 0 Å². The summed E-state index contributed by atoms with van der Waals surface area (Å²) < 4.78 is 5.14. The van der Waals surface area contributed by atoms with Gasteiger partial charge in [0.15, 0.2) is 0 Å². The zero-order chi connectivity index (χ0) is 14.8. The van der Waals surface area contributed by atoms with Gasteiger partial charge in [-0.1, -0.05) is 25.5 Å². The van der Waals surface area contributed by atoms with Crippen LogP contribution in [-0.4, -0.2) is 31.3 Å². The third kappa shape index (κ3) is 6.06. The van der Waals surface area contributed by atoms with Crippen molar-refractivity contribution in [1.29, 1.82) is 0 Å². The predicted octanol–water partition coefficient (Wildman–Crippen LogP) is 2.15. The smallest absolute Gasteiger partial charge is 0.224 e. The van der Waals surface area contributed by atoms with Crippen LogP contribution >= 0.6 is 0 Å². The van der Waals surface area contributed by atoms with Crippen LogP contribution in [-0.2, 0) is 11.2 Å². The molecule has 0 aliphatic carbocycles. The van der Waals surface area contributed by atoms with E-state index >= 15 is 0 Å². The zero-order valence-electron chi connectivity index (χ0n) is 12.4. The Bertz CT molecular complexity index is 400. The van der Waals surface area contributed by atoms with Crippen molar-refractivity contribution in [3.05, 3.63) is 29.8 Å². The molecular weight excluding hydrogens is 254 g/mol. The number of nitrogens with one attached hydrogen (secondary N) is 1. The van der Waals surface area contributed by atoms with Crippen molar-refractivity contribution < 1.29 is 14.6 Å². The number of amides is 1. The molecule has 1 aromatic rings. The standard InChI is InChI=1S/C16H25NO3/c1-3-5-13(8-9-18)12-17-16(19)11-14-6-4-7-15(10-14)20-2/h4,6-7,10,13,18H,3,5,8-9,11-12H2,1-2H3,(H,17,19). The molecule has 0 bridgehead atoms. The first kappa shape index (κ1) is 16.5. The number of carbonyl (C=O) groups is 1. The van der Waals surface area contributed by atoms with Crippen LogP contribution in [0.1, 0.15) is 31.7 Å². The minimum atomic E-state index is 0.0114. The highest BCUT2D eigenvalue weighted by Crippen LogP contribution is 2.13. The summed E-state index contributed by atoms with van der Waals surface area (Å²) in [5.74, 6) is 1.14. The van der Waals surface area contributed by atoms with E-state index in [-0.39, 0.29) is 12.5 Å². The van der Waals surface area contributed by atoms with Gasteiger partial charge in [0, 0.05) is 13.2 Å². The number of hydrogen-bond donors (Lipinski definition) is 2. The van der Waals surface area contributed by atoms with Crippen LogP contribution in [0, 0.1) is 5.92 Å². The van der Waals surface area contributed by atoms with Gasteiger partial charge in [-0.2, -0.15) is 0 Å². The molecule has 0 radical (unpaired) electrons. The first-order valence-corrected chi connectivity index (χ1v) is 7.20. The van der Waals surface area contributed by atoms with Crippen LogP contribution in [0.5, 0.6) is 5.75 Å². The van der Waals surface area contributed by atoms with E-state index in [4.69, 9.17) is 9.84 Å². The molecule has 0 saturated heterocycles. The lowest BCUT2D eigenvalue weighted by Gasteiger charge is -2.15. The van der Waals surface area contributed by atoms with Gasteiger partial charge in [-0.05, 0) is 36.5 Å². The van der Waals surface area contributed by atoms with E-state index in [2.05, 4.69) is 12.2 Å². The van der Waals surface area contributed by atoms with Crippen LogP contribution < -0.4 is 10.1 Å². The van der Waals surface area contributed by atoms with Crippen molar-refractivity contribution in [1.82, 2.24) is 5.32 Å². The Hall–Kier alpha value is -1.55. The van der Waals surface area contributed by atoms with Crippen LogP contribution in [0.3, 0.4) is 0 Å². The number of hydrogen-bond acceptors (Lipinski definition) is 3. The summed E-state index contributed by atoms with van der Waals surface area (Å²) in [5.41, 5.74) is 0.941. The molecule has 4 nitrogen and oxygen atoms in total. The molecule has 0 fully saturated rings. The number of benzene rings is 1. The second kappa shape index (κ2) is 9.37. The minimum Gasteiger partial charge on any atom is -0.497 e. The van der Waals surface area contributed by atoms with Gasteiger partial charge in [0.2, 0.25) is 5.91 Å². The molecule has 0 aliphatic heterocycles. The highest BCUT2D eigenvalue weighted by atomic mass is 16.5. The first-order chi connectivity index (χ1) is 9.69. The minimum absolute atomic E-state index is 0.0114. The van der Waals surface area contributed by atoms with Gasteiger partial charge in [-0.25, -0.2) is 0 Å². The van der Waals surface area contributed by atoms with E-state index in [1.54, 1.807) is 7.11 Å². The largest absolute Gasteiger partial charge is 0.497 e. The van der Waals surface area contributed by atoms with E-state index in [9.17, 15) is 4.79 Å². The molecule has 20 heavy (non-hydrogen) atoms. The van der Waals surface area contributed by atoms with Crippen molar-refractivity contribution in [2.45, 2.75) is 32.6 Å². The van der Waals surface area contributed by atoms with E-state index in [0.29, 0.717) is 18.9 Å². The number of aliphatic hydroxyl groups excluding tert-OH is 1. The van der Waals surface area contributed by atoms with Gasteiger partial charge in [0.05, 0.1) is 13.5 Å². The van der Waals surface area contributed by atoms with Crippen molar-refractivity contribution in [3.63, 3.8) is 0 Å². The van der Waals surface area contributed by atoms with Gasteiger partial charge in [0.1, 0.15) is 5.75 Å². The summed E-state index contributed by atoms with van der Waals surface area (Å²) in [6.45, 7) is 2.93. The van der Waals surface area contributed by atoms with Gasteiger partial charge in [-0.15, -0.1) is 0 Å². The normalized spacial score (nSPS) is 11.9. The molecule has 1 aromatic carbocycles. The summed E-state index contributed by atoms with van der Waals surface area (Å²) in [7, 11) is 1.61. The number of methoxy groups -OCH3 is 1. The third-order valence-electron chi connectivity index (χ3n) is 3.32. The van der Waals surface area contributed by atoms with E-state index in [1.165, 1.54) is 0 Å². The van der Waals surface area contributed by atoms with Crippen molar-refractivity contribution in [3.8, 4) is 5.75 Å². The van der Waals surface area contributed by atoms with E-state index in [0.717, 1.165) is 30.6 Å². The molecule has 112 valence electrons. The summed E-state index contributed by atoms with van der Waals surface area (Å²) in [5, 5.41) is 11.9. The van der Waals surface area contributed by atoms with Gasteiger partial charge in [0.25, 0.3) is 0 Å². The highest BCUT2D eigenvalue weighted by Gasteiger charge is 2.10. The van der Waals surface area contributed by atoms with Crippen LogP contribution in [0.15, 0.2) is 24.3 Å². The fraction of sp³-hybridized carbons (Fsp3) is 0.562. The molecule has 1 atom stereocenters. The Morgan fingerprint density at radius 2 is 2.20 bits per heavy atom. The summed E-state index contributed by atoms with van der Waals surface area (Å²) >= 11 is 0. The summed E-state index contributed by atoms with van der Waals surface area (Å²) in [6, 6.07) is 7.53. The molecule has 0 aliphatic rings. The lowest BCUT2D eigenvalue weighted by Crippen LogP contribution is -2.31. The average molecular weight is 279 g/mol. The molecule has 0 saturated carbocycles. The van der Waals surface area contributed by atoms with Crippen LogP contribution in [0.25, 0.3) is 0 Å². The molecule has 1 unspecified atom stereocenters. The highest BCUT2D eigenvalue weighted by molar-refractivity contribution is 5.78. The Labute approximate surface area is 121 Å². The van der Waals surface area contributed by atoms with Gasteiger partial charge in [-0.3, -0.25) is 4.79 Å². The molecule has 1 rings (SSSR count). The fourth-order valence-electron chi connectivity index (χ4n) is 2.23. The Balaban J connectivity index is 2.42. The predicted molar refractivity (Wildman–Crippen MR) is 79.8 cm³/mol. The molecular formula is C16H25NO3. The Kier molecular flexibility index (Phi) is 7.73. The number of rotatable bonds is 9. The monoisotopic (exact) mass is 279 g/mol. The molecule has 0 spiro atoms. The van der Waals surface area contributed by atoms with Crippen molar-refractivity contribution >= 4 is 5.91 Å². The second-order valence-corrected chi connectivity index (χ2v) is 5.00. The second-order valence-electron chi connectivity index (χ2n) is 5.00. The van der Waals surface area contributed by atoms with Crippen LogP contribution in [0.4, 0.5) is 0 Å². The lowest BCUT2D eigenvalue weighted by molar-refractivity contribution is -0.120. The molecule has 4 heteroatoms. The van der Waals surface area contributed by atoms with E-state index < -0.39 is 0 Å². The average Bonchev–Trinajstić information content (AvgIpc) is 2.45. The molecule has 0 aromatic heterocycles. The number of aliphatic hydroxyl groups is 1. The number of carbonyl (C=O) groups excluding carboxylic acids is 1. The third-order valence-corrected chi connectivity index (χ3v) is 3.32. The SMILES string of the molecule is CCCC(CCO)CNC(=O)Cc1cccc(OC)c1. The maximum absolute atomic E-state index is 11.9. The summed E-state index contributed by atoms with van der Waals surface area (Å²) in [4.78, 5) is 11.9.